The maximum absolute atomic E-state index is 9.31. The van der Waals surface area contributed by atoms with Crippen molar-refractivity contribution in [1.29, 1.82) is 0 Å². The SMILES string of the molecule is CCCc1nccn1CC(C)(CO)NC. The van der Waals surface area contributed by atoms with Crippen LogP contribution in [0.15, 0.2) is 12.4 Å². The number of nitrogens with one attached hydrogen (secondary N) is 1. The van der Waals surface area contributed by atoms with Crippen LogP contribution in [0.4, 0.5) is 0 Å². The summed E-state index contributed by atoms with van der Waals surface area (Å²) < 4.78 is 2.11. The van der Waals surface area contributed by atoms with Crippen molar-refractivity contribution >= 4 is 0 Å². The molecule has 0 radical (unpaired) electrons. The number of aryl methyl sites for hydroxylation is 1. The van der Waals surface area contributed by atoms with Gasteiger partial charge in [-0.25, -0.2) is 4.98 Å². The zero-order valence-electron chi connectivity index (χ0n) is 9.82. The van der Waals surface area contributed by atoms with Gasteiger partial charge in [0.15, 0.2) is 0 Å². The molecular weight excluding hydrogens is 190 g/mol. The zero-order valence-corrected chi connectivity index (χ0v) is 9.82. The number of hydrogen-bond acceptors (Lipinski definition) is 3. The number of aliphatic hydroxyl groups is 1. The molecule has 0 saturated heterocycles. The maximum atomic E-state index is 9.31. The Morgan fingerprint density at radius 1 is 1.60 bits per heavy atom. The third-order valence-electron chi connectivity index (χ3n) is 2.75. The fourth-order valence-electron chi connectivity index (χ4n) is 1.52. The molecule has 0 aliphatic heterocycles. The fourth-order valence-corrected chi connectivity index (χ4v) is 1.52. The Balaban J connectivity index is 2.74. The first kappa shape index (κ1) is 12.2. The molecule has 4 nitrogen and oxygen atoms in total. The van der Waals surface area contributed by atoms with Gasteiger partial charge in [0.05, 0.1) is 12.1 Å². The van der Waals surface area contributed by atoms with Gasteiger partial charge in [-0.15, -0.1) is 0 Å². The van der Waals surface area contributed by atoms with E-state index in [-0.39, 0.29) is 12.1 Å². The molecule has 0 aliphatic rings. The number of imidazole rings is 1. The van der Waals surface area contributed by atoms with E-state index in [1.165, 1.54) is 0 Å². The molecule has 1 unspecified atom stereocenters. The van der Waals surface area contributed by atoms with Crippen molar-refractivity contribution in [2.75, 3.05) is 13.7 Å². The van der Waals surface area contributed by atoms with Crippen LogP contribution >= 0.6 is 0 Å². The second-order valence-electron chi connectivity index (χ2n) is 4.19. The van der Waals surface area contributed by atoms with Gasteiger partial charge in [0.1, 0.15) is 5.82 Å². The fraction of sp³-hybridized carbons (Fsp3) is 0.727. The minimum Gasteiger partial charge on any atom is -0.394 e. The topological polar surface area (TPSA) is 50.1 Å². The lowest BCUT2D eigenvalue weighted by Crippen LogP contribution is -2.47. The molecule has 1 aromatic rings. The van der Waals surface area contributed by atoms with Gasteiger partial charge in [-0.3, -0.25) is 0 Å². The molecule has 0 aliphatic carbocycles. The molecule has 2 N–H and O–H groups in total. The molecule has 0 spiro atoms. The van der Waals surface area contributed by atoms with E-state index in [1.54, 1.807) is 0 Å². The summed E-state index contributed by atoms with van der Waals surface area (Å²) in [6.07, 6.45) is 5.86. The van der Waals surface area contributed by atoms with Crippen LogP contribution in [-0.2, 0) is 13.0 Å². The molecule has 1 aromatic heterocycles. The Hall–Kier alpha value is -0.870. The lowest BCUT2D eigenvalue weighted by atomic mass is 10.0. The maximum Gasteiger partial charge on any atom is 0.108 e. The summed E-state index contributed by atoms with van der Waals surface area (Å²) in [5.41, 5.74) is -0.275. The van der Waals surface area contributed by atoms with Crippen LogP contribution in [0.25, 0.3) is 0 Å². The lowest BCUT2D eigenvalue weighted by molar-refractivity contribution is 0.164. The Kier molecular flexibility index (Phi) is 4.29. The van der Waals surface area contributed by atoms with Gasteiger partial charge in [0.25, 0.3) is 0 Å². The minimum atomic E-state index is -0.275. The van der Waals surface area contributed by atoms with Crippen molar-refractivity contribution in [2.45, 2.75) is 38.8 Å². The third kappa shape index (κ3) is 3.04. The minimum absolute atomic E-state index is 0.118. The first-order valence-electron chi connectivity index (χ1n) is 5.45. The zero-order chi connectivity index (χ0) is 11.3. The summed E-state index contributed by atoms with van der Waals surface area (Å²) in [7, 11) is 1.87. The van der Waals surface area contributed by atoms with Crippen molar-refractivity contribution in [1.82, 2.24) is 14.9 Å². The molecule has 15 heavy (non-hydrogen) atoms. The molecule has 0 saturated carbocycles. The van der Waals surface area contributed by atoms with Crippen molar-refractivity contribution in [3.63, 3.8) is 0 Å². The molecule has 0 amide bonds. The number of hydrogen-bond donors (Lipinski definition) is 2. The highest BCUT2D eigenvalue weighted by Crippen LogP contribution is 2.09. The first-order valence-corrected chi connectivity index (χ1v) is 5.45. The predicted octanol–water partition coefficient (Wildman–Crippen LogP) is 0.806. The Morgan fingerprint density at radius 2 is 2.33 bits per heavy atom. The first-order chi connectivity index (χ1) is 7.15. The van der Waals surface area contributed by atoms with Crippen molar-refractivity contribution in [3.8, 4) is 0 Å². The Bertz CT molecular complexity index is 292. The second-order valence-corrected chi connectivity index (χ2v) is 4.19. The number of rotatable bonds is 6. The quantitative estimate of drug-likeness (QED) is 0.732. The summed E-state index contributed by atoms with van der Waals surface area (Å²) in [6.45, 7) is 5.01. The van der Waals surface area contributed by atoms with Crippen LogP contribution in [-0.4, -0.2) is 33.9 Å². The summed E-state index contributed by atoms with van der Waals surface area (Å²) in [5, 5.41) is 12.4. The van der Waals surface area contributed by atoms with E-state index in [0.717, 1.165) is 25.2 Å². The summed E-state index contributed by atoms with van der Waals surface area (Å²) in [5.74, 6) is 1.09. The van der Waals surface area contributed by atoms with Crippen LogP contribution in [0.1, 0.15) is 26.1 Å². The number of likely N-dealkylation sites (N-methyl/N-ethyl adjacent to an activating group) is 1. The highest BCUT2D eigenvalue weighted by Gasteiger charge is 2.22. The van der Waals surface area contributed by atoms with E-state index in [2.05, 4.69) is 21.8 Å². The van der Waals surface area contributed by atoms with Crippen LogP contribution in [0, 0.1) is 0 Å². The second kappa shape index (κ2) is 5.28. The normalized spacial score (nSPS) is 15.2. The van der Waals surface area contributed by atoms with Gasteiger partial charge < -0.3 is 15.0 Å². The average molecular weight is 211 g/mol. The van der Waals surface area contributed by atoms with Crippen LogP contribution in [0.2, 0.25) is 0 Å². The molecule has 1 heterocycles. The van der Waals surface area contributed by atoms with Gasteiger partial charge in [-0.2, -0.15) is 0 Å². The Morgan fingerprint density at radius 3 is 2.87 bits per heavy atom. The van der Waals surface area contributed by atoms with E-state index in [1.807, 2.05) is 26.4 Å². The highest BCUT2D eigenvalue weighted by molar-refractivity contribution is 4.95. The van der Waals surface area contributed by atoms with Gasteiger partial charge in [0.2, 0.25) is 0 Å². The summed E-state index contributed by atoms with van der Waals surface area (Å²) in [6, 6.07) is 0. The number of aromatic nitrogens is 2. The molecule has 4 heteroatoms. The molecule has 1 atom stereocenters. The highest BCUT2D eigenvalue weighted by atomic mass is 16.3. The monoisotopic (exact) mass is 211 g/mol. The van der Waals surface area contributed by atoms with E-state index in [4.69, 9.17) is 0 Å². The van der Waals surface area contributed by atoms with Gasteiger partial charge >= 0.3 is 0 Å². The van der Waals surface area contributed by atoms with Crippen molar-refractivity contribution in [3.05, 3.63) is 18.2 Å². The summed E-state index contributed by atoms with van der Waals surface area (Å²) in [4.78, 5) is 4.31. The predicted molar refractivity (Wildman–Crippen MR) is 60.8 cm³/mol. The number of nitrogens with zero attached hydrogens (tertiary/aromatic N) is 2. The standard InChI is InChI=1S/C11H21N3O/c1-4-5-10-13-6-7-14(10)8-11(2,9-15)12-3/h6-7,12,15H,4-5,8-9H2,1-3H3. The van der Waals surface area contributed by atoms with Gasteiger partial charge in [-0.1, -0.05) is 6.92 Å². The Labute approximate surface area is 91.3 Å². The molecule has 86 valence electrons. The van der Waals surface area contributed by atoms with E-state index in [9.17, 15) is 5.11 Å². The smallest absolute Gasteiger partial charge is 0.108 e. The number of aliphatic hydroxyl groups excluding tert-OH is 1. The van der Waals surface area contributed by atoms with Gasteiger partial charge in [0, 0.05) is 25.4 Å². The van der Waals surface area contributed by atoms with Crippen LogP contribution in [0.5, 0.6) is 0 Å². The molecular formula is C11H21N3O. The van der Waals surface area contributed by atoms with E-state index >= 15 is 0 Å². The lowest BCUT2D eigenvalue weighted by Gasteiger charge is -2.27. The molecule has 1 rings (SSSR count). The van der Waals surface area contributed by atoms with Crippen LogP contribution < -0.4 is 5.32 Å². The average Bonchev–Trinajstić information content (AvgIpc) is 2.66. The third-order valence-corrected chi connectivity index (χ3v) is 2.75. The molecule has 0 aromatic carbocycles. The summed E-state index contributed by atoms with van der Waals surface area (Å²) >= 11 is 0. The molecule has 0 fully saturated rings. The van der Waals surface area contributed by atoms with Crippen LogP contribution in [0.3, 0.4) is 0 Å². The van der Waals surface area contributed by atoms with E-state index in [0.29, 0.717) is 0 Å². The largest absolute Gasteiger partial charge is 0.394 e. The van der Waals surface area contributed by atoms with E-state index < -0.39 is 0 Å². The van der Waals surface area contributed by atoms with Gasteiger partial charge in [-0.05, 0) is 20.4 Å². The van der Waals surface area contributed by atoms with Crippen molar-refractivity contribution in [2.24, 2.45) is 0 Å². The molecule has 0 bridgehead atoms. The van der Waals surface area contributed by atoms with Crippen molar-refractivity contribution < 1.29 is 5.11 Å².